The number of ether oxygens (including phenoxy) is 1. The average Bonchev–Trinajstić information content (AvgIpc) is 2.29. The Balaban J connectivity index is 2.47. The van der Waals surface area contributed by atoms with Gasteiger partial charge in [-0.2, -0.15) is 0 Å². The zero-order valence-electron chi connectivity index (χ0n) is 9.59. The Morgan fingerprint density at radius 1 is 1.44 bits per heavy atom. The highest BCUT2D eigenvalue weighted by Gasteiger charge is 2.09. The average molecular weight is 306 g/mol. The van der Waals surface area contributed by atoms with Crippen LogP contribution in [-0.4, -0.2) is 18.5 Å². The zero-order valence-corrected chi connectivity index (χ0v) is 11.9. The summed E-state index contributed by atoms with van der Waals surface area (Å²) in [5.41, 5.74) is 1.31. The molecule has 0 N–H and O–H groups in total. The Hall–Kier alpha value is -0.0500. The number of hydrogen-bond acceptors (Lipinski definition) is 1. The van der Waals surface area contributed by atoms with Crippen LogP contribution in [0.1, 0.15) is 31.2 Å². The van der Waals surface area contributed by atoms with Gasteiger partial charge in [0.05, 0.1) is 0 Å². The van der Waals surface area contributed by atoms with E-state index in [4.69, 9.17) is 16.3 Å². The predicted octanol–water partition coefficient (Wildman–Crippen LogP) is 4.64. The van der Waals surface area contributed by atoms with Crippen molar-refractivity contribution in [2.45, 2.75) is 25.7 Å². The topological polar surface area (TPSA) is 9.23 Å². The first-order valence-corrected chi connectivity index (χ1v) is 7.17. The Kier molecular flexibility index (Phi) is 7.10. The van der Waals surface area contributed by atoms with Crippen molar-refractivity contribution in [3.63, 3.8) is 0 Å². The van der Waals surface area contributed by atoms with E-state index in [1.165, 1.54) is 5.56 Å². The second kappa shape index (κ2) is 8.10. The molecule has 1 rings (SSSR count). The van der Waals surface area contributed by atoms with Crippen molar-refractivity contribution in [1.82, 2.24) is 0 Å². The minimum Gasteiger partial charge on any atom is -0.382 e. The lowest BCUT2D eigenvalue weighted by molar-refractivity contribution is 0.142. The molecule has 0 aliphatic rings. The molecule has 0 saturated heterocycles. The fourth-order valence-electron chi connectivity index (χ4n) is 1.67. The van der Waals surface area contributed by atoms with Gasteiger partial charge in [0.15, 0.2) is 0 Å². The summed E-state index contributed by atoms with van der Waals surface area (Å²) in [5, 5.41) is 1.78. The maximum atomic E-state index is 5.99. The Labute approximate surface area is 111 Å². The maximum absolute atomic E-state index is 5.99. The molecule has 0 aliphatic carbocycles. The van der Waals surface area contributed by atoms with Crippen LogP contribution < -0.4 is 0 Å². The van der Waals surface area contributed by atoms with E-state index in [0.29, 0.717) is 5.92 Å². The van der Waals surface area contributed by atoms with Gasteiger partial charge in [0, 0.05) is 23.6 Å². The minimum absolute atomic E-state index is 0.527. The largest absolute Gasteiger partial charge is 0.382 e. The molecular formula is C13H18BrClO. The van der Waals surface area contributed by atoms with Crippen LogP contribution in [0.15, 0.2) is 24.3 Å². The number of alkyl halides is 1. The number of benzene rings is 1. The Morgan fingerprint density at radius 3 is 2.88 bits per heavy atom. The summed E-state index contributed by atoms with van der Waals surface area (Å²) in [6, 6.07) is 8.11. The van der Waals surface area contributed by atoms with E-state index in [0.717, 1.165) is 36.4 Å². The number of halogens is 2. The van der Waals surface area contributed by atoms with Gasteiger partial charge in [-0.25, -0.2) is 0 Å². The normalized spacial score (nSPS) is 12.7. The van der Waals surface area contributed by atoms with Gasteiger partial charge >= 0.3 is 0 Å². The molecule has 0 amide bonds. The van der Waals surface area contributed by atoms with Gasteiger partial charge < -0.3 is 4.74 Å². The highest BCUT2D eigenvalue weighted by Crippen LogP contribution is 2.25. The van der Waals surface area contributed by atoms with Crippen molar-refractivity contribution < 1.29 is 4.74 Å². The molecule has 0 fully saturated rings. The molecule has 1 aromatic rings. The molecule has 1 nitrogen and oxygen atoms in total. The lowest BCUT2D eigenvalue weighted by Crippen LogP contribution is -2.03. The van der Waals surface area contributed by atoms with Crippen LogP contribution in [0.3, 0.4) is 0 Å². The Bertz CT molecular complexity index is 304. The second-order valence-corrected chi connectivity index (χ2v) is 4.83. The second-order valence-electron chi connectivity index (χ2n) is 3.75. The molecule has 0 radical (unpaired) electrons. The van der Waals surface area contributed by atoms with Gasteiger partial charge in [0.25, 0.3) is 0 Å². The van der Waals surface area contributed by atoms with Crippen LogP contribution in [0.25, 0.3) is 0 Å². The van der Waals surface area contributed by atoms with Crippen molar-refractivity contribution in [3.05, 3.63) is 34.9 Å². The summed E-state index contributed by atoms with van der Waals surface area (Å²) in [5.74, 6) is 0.527. The minimum atomic E-state index is 0.527. The SMILES string of the molecule is CCOCCCC(CBr)c1cccc(Cl)c1. The van der Waals surface area contributed by atoms with E-state index in [-0.39, 0.29) is 0 Å². The van der Waals surface area contributed by atoms with E-state index < -0.39 is 0 Å². The molecule has 16 heavy (non-hydrogen) atoms. The highest BCUT2D eigenvalue weighted by molar-refractivity contribution is 9.09. The molecule has 0 bridgehead atoms. The molecule has 3 heteroatoms. The highest BCUT2D eigenvalue weighted by atomic mass is 79.9. The zero-order chi connectivity index (χ0) is 11.8. The van der Waals surface area contributed by atoms with Crippen molar-refractivity contribution in [1.29, 1.82) is 0 Å². The lowest BCUT2D eigenvalue weighted by Gasteiger charge is -2.14. The van der Waals surface area contributed by atoms with Gasteiger partial charge in [-0.1, -0.05) is 39.7 Å². The number of rotatable bonds is 7. The molecule has 0 heterocycles. The van der Waals surface area contributed by atoms with E-state index in [2.05, 4.69) is 22.0 Å². The smallest absolute Gasteiger partial charge is 0.0466 e. The third-order valence-corrected chi connectivity index (χ3v) is 3.57. The summed E-state index contributed by atoms with van der Waals surface area (Å²) in [4.78, 5) is 0. The first-order valence-electron chi connectivity index (χ1n) is 5.67. The van der Waals surface area contributed by atoms with Crippen molar-refractivity contribution in [2.24, 2.45) is 0 Å². The van der Waals surface area contributed by atoms with Crippen molar-refractivity contribution in [2.75, 3.05) is 18.5 Å². The van der Waals surface area contributed by atoms with E-state index in [9.17, 15) is 0 Å². The predicted molar refractivity (Wildman–Crippen MR) is 73.7 cm³/mol. The summed E-state index contributed by atoms with van der Waals surface area (Å²) in [6.45, 7) is 3.68. The first-order chi connectivity index (χ1) is 7.77. The summed E-state index contributed by atoms with van der Waals surface area (Å²) in [7, 11) is 0. The van der Waals surface area contributed by atoms with E-state index >= 15 is 0 Å². The molecule has 1 unspecified atom stereocenters. The lowest BCUT2D eigenvalue weighted by atomic mass is 9.96. The summed E-state index contributed by atoms with van der Waals surface area (Å²) in [6.07, 6.45) is 2.22. The van der Waals surface area contributed by atoms with Crippen LogP contribution in [0.2, 0.25) is 5.02 Å². The monoisotopic (exact) mass is 304 g/mol. The summed E-state index contributed by atoms with van der Waals surface area (Å²) < 4.78 is 5.35. The molecule has 0 saturated carbocycles. The summed E-state index contributed by atoms with van der Waals surface area (Å²) >= 11 is 9.55. The van der Waals surface area contributed by atoms with Crippen LogP contribution in [0, 0.1) is 0 Å². The van der Waals surface area contributed by atoms with Crippen LogP contribution in [0.5, 0.6) is 0 Å². The molecule has 90 valence electrons. The van der Waals surface area contributed by atoms with E-state index in [1.54, 1.807) is 0 Å². The van der Waals surface area contributed by atoms with Gasteiger partial charge in [-0.05, 0) is 43.4 Å². The van der Waals surface area contributed by atoms with Crippen molar-refractivity contribution in [3.8, 4) is 0 Å². The van der Waals surface area contributed by atoms with Crippen LogP contribution in [0.4, 0.5) is 0 Å². The molecule has 1 aromatic carbocycles. The molecule has 0 aromatic heterocycles. The Morgan fingerprint density at radius 2 is 2.25 bits per heavy atom. The van der Waals surface area contributed by atoms with Gasteiger partial charge in [-0.15, -0.1) is 0 Å². The van der Waals surface area contributed by atoms with Crippen LogP contribution in [-0.2, 0) is 4.74 Å². The first kappa shape index (κ1) is 14.0. The van der Waals surface area contributed by atoms with Gasteiger partial charge in [0.1, 0.15) is 0 Å². The maximum Gasteiger partial charge on any atom is 0.0466 e. The fourth-order valence-corrected chi connectivity index (χ4v) is 2.57. The molecular weight excluding hydrogens is 287 g/mol. The standard InChI is InChI=1S/C13H18BrClO/c1-2-16-8-4-6-12(10-14)11-5-3-7-13(15)9-11/h3,5,7,9,12H,2,4,6,8,10H2,1H3. The van der Waals surface area contributed by atoms with Gasteiger partial charge in [0.2, 0.25) is 0 Å². The molecule has 1 atom stereocenters. The third-order valence-electron chi connectivity index (χ3n) is 2.55. The quantitative estimate of drug-likeness (QED) is 0.527. The fraction of sp³-hybridized carbons (Fsp3) is 0.538. The third kappa shape index (κ3) is 4.86. The van der Waals surface area contributed by atoms with Crippen molar-refractivity contribution >= 4 is 27.5 Å². The van der Waals surface area contributed by atoms with E-state index in [1.807, 2.05) is 25.1 Å². The van der Waals surface area contributed by atoms with Crippen LogP contribution >= 0.6 is 27.5 Å². The number of hydrogen-bond donors (Lipinski definition) is 0. The molecule has 0 spiro atoms. The molecule has 0 aliphatic heterocycles. The van der Waals surface area contributed by atoms with Gasteiger partial charge in [-0.3, -0.25) is 0 Å².